The van der Waals surface area contributed by atoms with Crippen LogP contribution in [0.2, 0.25) is 0 Å². The number of nitrogens with zero attached hydrogens (tertiary/aromatic N) is 3. The van der Waals surface area contributed by atoms with E-state index in [0.29, 0.717) is 5.69 Å². The number of carboxylic acid groups (broad SMARTS) is 1. The predicted octanol–water partition coefficient (Wildman–Crippen LogP) is 6.18. The highest BCUT2D eigenvalue weighted by Gasteiger charge is 2.35. The number of para-hydroxylation sites is 1. The minimum absolute atomic E-state index is 0.0837. The van der Waals surface area contributed by atoms with Gasteiger partial charge >= 0.3 is 5.97 Å². The Balaban J connectivity index is 1.54. The van der Waals surface area contributed by atoms with Crippen molar-refractivity contribution in [3.8, 4) is 0 Å². The van der Waals surface area contributed by atoms with Crippen molar-refractivity contribution in [2.24, 2.45) is 5.10 Å². The van der Waals surface area contributed by atoms with E-state index in [0.717, 1.165) is 35.6 Å². The van der Waals surface area contributed by atoms with Gasteiger partial charge in [0, 0.05) is 17.9 Å². The molecule has 0 aromatic heterocycles. The van der Waals surface area contributed by atoms with Gasteiger partial charge < -0.3 is 10.0 Å². The van der Waals surface area contributed by atoms with Gasteiger partial charge in [0.05, 0.1) is 11.3 Å². The molecule has 2 aliphatic rings. The summed E-state index contributed by atoms with van der Waals surface area (Å²) < 4.78 is 0. The smallest absolute Gasteiger partial charge is 0.357 e. The number of carboxylic acids is 1. The summed E-state index contributed by atoms with van der Waals surface area (Å²) in [6.45, 7) is 11.9. The summed E-state index contributed by atoms with van der Waals surface area (Å²) in [5.41, 5.74) is 11.4. The molecule has 1 N–H and O–H groups in total. The zero-order chi connectivity index (χ0) is 26.4. The molecule has 1 amide bonds. The first kappa shape index (κ1) is 24.5. The van der Waals surface area contributed by atoms with Crippen LogP contribution in [0.5, 0.6) is 0 Å². The van der Waals surface area contributed by atoms with Crippen LogP contribution in [-0.4, -0.2) is 29.2 Å². The molecule has 3 aromatic rings. The quantitative estimate of drug-likeness (QED) is 0.440. The first-order chi connectivity index (χ1) is 17.7. The molecule has 0 unspecified atom stereocenters. The van der Waals surface area contributed by atoms with Crippen LogP contribution < -0.4 is 9.91 Å². The molecule has 5 rings (SSSR count). The van der Waals surface area contributed by atoms with E-state index in [4.69, 9.17) is 0 Å². The lowest BCUT2D eigenvalue weighted by Gasteiger charge is -2.35. The highest BCUT2D eigenvalue weighted by Crippen LogP contribution is 2.41. The van der Waals surface area contributed by atoms with Crippen LogP contribution in [0.25, 0.3) is 6.08 Å². The third-order valence-corrected chi connectivity index (χ3v) is 7.84. The number of aliphatic carboxylic acids is 1. The van der Waals surface area contributed by atoms with Crippen LogP contribution in [0.1, 0.15) is 45.4 Å². The Morgan fingerprint density at radius 2 is 1.57 bits per heavy atom. The van der Waals surface area contributed by atoms with Crippen LogP contribution in [0.3, 0.4) is 0 Å². The molecule has 0 bridgehead atoms. The van der Waals surface area contributed by atoms with Gasteiger partial charge in [-0.2, -0.15) is 10.1 Å². The van der Waals surface area contributed by atoms with E-state index in [1.807, 2.05) is 12.1 Å². The molecule has 37 heavy (non-hydrogen) atoms. The Hall–Kier alpha value is -4.19. The minimum atomic E-state index is -1.22. The van der Waals surface area contributed by atoms with Crippen LogP contribution in [0.4, 0.5) is 17.1 Å². The number of fused-ring (bicyclic) bond motifs is 1. The topological polar surface area (TPSA) is 73.2 Å². The maximum atomic E-state index is 13.2. The Morgan fingerprint density at radius 1 is 0.919 bits per heavy atom. The van der Waals surface area contributed by atoms with Crippen molar-refractivity contribution in [1.82, 2.24) is 0 Å². The second-order valence-corrected chi connectivity index (χ2v) is 9.88. The van der Waals surface area contributed by atoms with Gasteiger partial charge in [-0.05, 0) is 117 Å². The number of aryl methyl sites for hydroxylation is 1. The number of amides is 1. The number of rotatable bonds is 4. The van der Waals surface area contributed by atoms with Crippen molar-refractivity contribution in [3.63, 3.8) is 0 Å². The van der Waals surface area contributed by atoms with Crippen LogP contribution >= 0.6 is 0 Å². The number of carbonyl (C=O) groups is 2. The van der Waals surface area contributed by atoms with Crippen LogP contribution in [-0.2, 0) is 16.0 Å². The van der Waals surface area contributed by atoms with Crippen molar-refractivity contribution in [2.45, 2.75) is 47.5 Å². The van der Waals surface area contributed by atoms with Crippen molar-refractivity contribution in [1.29, 1.82) is 0 Å². The predicted molar refractivity (Wildman–Crippen MR) is 149 cm³/mol. The number of anilines is 3. The van der Waals surface area contributed by atoms with E-state index in [2.05, 4.69) is 56.8 Å². The monoisotopic (exact) mass is 493 g/mol. The molecule has 2 heterocycles. The summed E-state index contributed by atoms with van der Waals surface area (Å²) in [5.74, 6) is -1.67. The van der Waals surface area contributed by atoms with Gasteiger partial charge in [-0.15, -0.1) is 0 Å². The molecular formula is C31H31N3O3. The Labute approximate surface area is 217 Å². The average Bonchev–Trinajstić information content (AvgIpc) is 3.23. The van der Waals surface area contributed by atoms with Gasteiger partial charge in [0.25, 0.3) is 5.91 Å². The van der Waals surface area contributed by atoms with Gasteiger partial charge in [0.15, 0.2) is 5.71 Å². The van der Waals surface area contributed by atoms with E-state index in [1.165, 1.54) is 39.1 Å². The number of benzene rings is 3. The third-order valence-electron chi connectivity index (χ3n) is 7.84. The Bertz CT molecular complexity index is 1470. The van der Waals surface area contributed by atoms with E-state index >= 15 is 0 Å². The summed E-state index contributed by atoms with van der Waals surface area (Å²) in [5, 5.41) is 15.0. The molecule has 6 nitrogen and oxygen atoms in total. The second-order valence-electron chi connectivity index (χ2n) is 9.88. The fraction of sp³-hybridized carbons (Fsp3) is 0.258. The maximum absolute atomic E-state index is 13.2. The van der Waals surface area contributed by atoms with Gasteiger partial charge in [-0.25, -0.2) is 4.79 Å². The van der Waals surface area contributed by atoms with E-state index in [9.17, 15) is 14.7 Å². The number of hydrogen-bond donors (Lipinski definition) is 1. The lowest BCUT2D eigenvalue weighted by atomic mass is 9.90. The average molecular weight is 494 g/mol. The van der Waals surface area contributed by atoms with Crippen molar-refractivity contribution < 1.29 is 14.7 Å². The molecule has 0 atom stereocenters. The first-order valence-electron chi connectivity index (χ1n) is 12.6. The summed E-state index contributed by atoms with van der Waals surface area (Å²) >= 11 is 0. The summed E-state index contributed by atoms with van der Waals surface area (Å²) in [4.78, 5) is 27.5. The number of hydrogen-bond acceptors (Lipinski definition) is 4. The lowest BCUT2D eigenvalue weighted by molar-refractivity contribution is -0.129. The third kappa shape index (κ3) is 4.12. The highest BCUT2D eigenvalue weighted by molar-refractivity contribution is 6.53. The molecule has 0 spiro atoms. The van der Waals surface area contributed by atoms with Gasteiger partial charge in [-0.3, -0.25) is 4.79 Å². The fourth-order valence-corrected chi connectivity index (χ4v) is 5.44. The van der Waals surface area contributed by atoms with Crippen molar-refractivity contribution >= 4 is 40.7 Å². The minimum Gasteiger partial charge on any atom is -0.476 e. The molecule has 0 saturated carbocycles. The lowest BCUT2D eigenvalue weighted by Crippen LogP contribution is -2.26. The molecule has 0 radical (unpaired) electrons. The largest absolute Gasteiger partial charge is 0.476 e. The van der Waals surface area contributed by atoms with E-state index < -0.39 is 11.9 Å². The van der Waals surface area contributed by atoms with Gasteiger partial charge in [0.1, 0.15) is 0 Å². The molecule has 2 aliphatic heterocycles. The van der Waals surface area contributed by atoms with E-state index in [-0.39, 0.29) is 11.3 Å². The number of carbonyl (C=O) groups excluding carboxylic acids is 1. The van der Waals surface area contributed by atoms with Crippen LogP contribution in [0, 0.1) is 34.6 Å². The molecule has 0 saturated heterocycles. The summed E-state index contributed by atoms with van der Waals surface area (Å²) in [7, 11) is 0. The summed E-state index contributed by atoms with van der Waals surface area (Å²) in [6, 6.07) is 15.0. The molecule has 188 valence electrons. The Morgan fingerprint density at radius 3 is 2.22 bits per heavy atom. The normalized spacial score (nSPS) is 16.3. The molecular weight excluding hydrogens is 462 g/mol. The Kier molecular flexibility index (Phi) is 6.20. The molecule has 0 aliphatic carbocycles. The maximum Gasteiger partial charge on any atom is 0.357 e. The zero-order valence-corrected chi connectivity index (χ0v) is 21.9. The van der Waals surface area contributed by atoms with Crippen LogP contribution in [0.15, 0.2) is 59.2 Å². The van der Waals surface area contributed by atoms with Gasteiger partial charge in [0.2, 0.25) is 0 Å². The van der Waals surface area contributed by atoms with Gasteiger partial charge in [-0.1, -0.05) is 24.3 Å². The summed E-state index contributed by atoms with van der Waals surface area (Å²) in [6.07, 6.45) is 3.59. The molecule has 6 heteroatoms. The highest BCUT2D eigenvalue weighted by atomic mass is 16.4. The standard InChI is InChI=1S/C31H31N3O3/c1-18-19(2)21(4)29(22(5)20(18)3)33-15-9-10-24-16-23(13-14-27(24)33)17-26-28(31(36)37)32-34(30(26)35)25-11-7-6-8-12-25/h6-8,11-14,16-17H,9-10,15H2,1-5H3,(H,36,37). The molecule has 3 aromatic carbocycles. The molecule has 0 fully saturated rings. The number of hydrazone groups is 1. The second kappa shape index (κ2) is 9.36. The zero-order valence-electron chi connectivity index (χ0n) is 21.9. The van der Waals surface area contributed by atoms with E-state index in [1.54, 1.807) is 30.3 Å². The van der Waals surface area contributed by atoms with Crippen molar-refractivity contribution in [2.75, 3.05) is 16.5 Å². The SMILES string of the molecule is Cc1c(C)c(C)c(N2CCCc3cc(C=C4C(=O)N(c5ccccc5)N=C4C(=O)O)ccc32)c(C)c1C. The van der Waals surface area contributed by atoms with Crippen molar-refractivity contribution in [3.05, 3.63) is 93.0 Å². The first-order valence-corrected chi connectivity index (χ1v) is 12.6. The fourth-order valence-electron chi connectivity index (χ4n) is 5.44.